The van der Waals surface area contributed by atoms with Gasteiger partial charge in [0.2, 0.25) is 5.91 Å². The highest BCUT2D eigenvalue weighted by Crippen LogP contribution is 2.54. The van der Waals surface area contributed by atoms with Gasteiger partial charge in [0.1, 0.15) is 17.1 Å². The lowest BCUT2D eigenvalue weighted by Gasteiger charge is -2.45. The summed E-state index contributed by atoms with van der Waals surface area (Å²) in [6.45, 7) is 1.53. The third-order valence-corrected chi connectivity index (χ3v) is 7.47. The number of anilines is 1. The van der Waals surface area contributed by atoms with Gasteiger partial charge in [0, 0.05) is 37.3 Å². The first-order valence-corrected chi connectivity index (χ1v) is 11.7. The molecule has 1 aromatic heterocycles. The number of ketones is 1. The predicted octanol–water partition coefficient (Wildman–Crippen LogP) is 3.17. The van der Waals surface area contributed by atoms with Crippen molar-refractivity contribution in [3.05, 3.63) is 51.6 Å². The van der Waals surface area contributed by atoms with Crippen LogP contribution in [-0.2, 0) is 16.0 Å². The molecule has 3 N–H and O–H groups in total. The second kappa shape index (κ2) is 8.09. The lowest BCUT2D eigenvalue weighted by atomic mass is 9.72. The molecule has 1 aromatic carbocycles. The standard InChI is InChI=1S/C24H22ClF3N4O4/c1-10-17(19(33)21(35)31-23(22(36)29-2)8-24(27,28)9-23)16-6-11-5-15(11)32(16)18(10)20(34)30-12-3-4-14(26)13(25)7-12/h3-4,7,11,15H,5-6,8-9H2,1-2H3,(H,29,36)(H,30,34)(H,31,35)/t11-,15-/m1/s1. The Morgan fingerprint density at radius 3 is 2.47 bits per heavy atom. The van der Waals surface area contributed by atoms with Gasteiger partial charge in [-0.05, 0) is 49.4 Å². The zero-order valence-corrected chi connectivity index (χ0v) is 20.1. The highest BCUT2D eigenvalue weighted by Gasteiger charge is 2.62. The average Bonchev–Trinajstić information content (AvgIpc) is 3.37. The molecule has 8 nitrogen and oxygen atoms in total. The number of fused-ring (bicyclic) bond motifs is 3. The number of hydrogen-bond acceptors (Lipinski definition) is 4. The Bertz CT molecular complexity index is 1350. The molecule has 3 amide bonds. The van der Waals surface area contributed by atoms with Gasteiger partial charge in [-0.2, -0.15) is 0 Å². The molecule has 0 spiro atoms. The number of carbonyl (C=O) groups is 4. The summed E-state index contributed by atoms with van der Waals surface area (Å²) in [5.74, 6) is -7.12. The molecule has 3 aliphatic rings. The quantitative estimate of drug-likeness (QED) is 0.400. The molecule has 1 aliphatic heterocycles. The SMILES string of the molecule is CNC(=O)C1(NC(=O)C(=O)c2c(C)c(C(=O)Nc3ccc(F)c(Cl)c3)n3c2C[C@H]2C[C@H]23)CC(F)(F)C1. The van der Waals surface area contributed by atoms with Gasteiger partial charge in [-0.3, -0.25) is 19.2 Å². The molecule has 0 saturated heterocycles. The van der Waals surface area contributed by atoms with E-state index in [4.69, 9.17) is 11.6 Å². The first-order valence-electron chi connectivity index (χ1n) is 11.3. The van der Waals surface area contributed by atoms with Crippen LogP contribution in [0.4, 0.5) is 18.9 Å². The fourth-order valence-electron chi connectivity index (χ4n) is 5.46. The Labute approximate surface area is 208 Å². The molecule has 5 rings (SSSR count). The monoisotopic (exact) mass is 522 g/mol. The summed E-state index contributed by atoms with van der Waals surface area (Å²) < 4.78 is 42.5. The van der Waals surface area contributed by atoms with Crippen LogP contribution in [0.1, 0.15) is 57.4 Å². The molecule has 36 heavy (non-hydrogen) atoms. The molecule has 2 aliphatic carbocycles. The van der Waals surface area contributed by atoms with Gasteiger partial charge < -0.3 is 20.5 Å². The van der Waals surface area contributed by atoms with Crippen LogP contribution >= 0.6 is 11.6 Å². The summed E-state index contributed by atoms with van der Waals surface area (Å²) in [5.41, 5.74) is -0.650. The Kier molecular flexibility index (Phi) is 5.47. The molecule has 2 heterocycles. The third-order valence-electron chi connectivity index (χ3n) is 7.18. The number of nitrogens with zero attached hydrogens (tertiary/aromatic N) is 1. The summed E-state index contributed by atoms with van der Waals surface area (Å²) in [5, 5.41) is 6.95. The average molecular weight is 523 g/mol. The van der Waals surface area contributed by atoms with Crippen molar-refractivity contribution >= 4 is 40.8 Å². The summed E-state index contributed by atoms with van der Waals surface area (Å²) in [7, 11) is 1.25. The van der Waals surface area contributed by atoms with E-state index >= 15 is 0 Å². The Morgan fingerprint density at radius 2 is 1.86 bits per heavy atom. The van der Waals surface area contributed by atoms with Crippen LogP contribution < -0.4 is 16.0 Å². The minimum absolute atomic E-state index is 0.00315. The maximum atomic E-state index is 13.6. The van der Waals surface area contributed by atoms with Crippen LogP contribution in [0, 0.1) is 18.7 Å². The van der Waals surface area contributed by atoms with Gasteiger partial charge in [0.05, 0.1) is 10.6 Å². The minimum atomic E-state index is -3.13. The fraction of sp³-hybridized carbons (Fsp3) is 0.417. The highest BCUT2D eigenvalue weighted by molar-refractivity contribution is 6.44. The van der Waals surface area contributed by atoms with Crippen molar-refractivity contribution in [3.8, 4) is 0 Å². The van der Waals surface area contributed by atoms with E-state index in [9.17, 15) is 32.3 Å². The maximum absolute atomic E-state index is 13.6. The van der Waals surface area contributed by atoms with Crippen LogP contribution in [0.5, 0.6) is 0 Å². The van der Waals surface area contributed by atoms with Crippen LogP contribution in [0.15, 0.2) is 18.2 Å². The number of amides is 3. The number of halogens is 4. The van der Waals surface area contributed by atoms with Crippen molar-refractivity contribution < 1.29 is 32.3 Å². The second-order valence-electron chi connectivity index (χ2n) is 9.67. The summed E-state index contributed by atoms with van der Waals surface area (Å²) in [6.07, 6.45) is -0.528. The number of benzene rings is 1. The van der Waals surface area contributed by atoms with Crippen molar-refractivity contribution in [2.45, 2.75) is 50.1 Å². The van der Waals surface area contributed by atoms with Crippen molar-refractivity contribution in [3.63, 3.8) is 0 Å². The van der Waals surface area contributed by atoms with Gasteiger partial charge in [-0.1, -0.05) is 11.6 Å². The van der Waals surface area contributed by atoms with E-state index in [1.807, 2.05) is 0 Å². The summed E-state index contributed by atoms with van der Waals surface area (Å²) >= 11 is 5.80. The molecule has 2 saturated carbocycles. The van der Waals surface area contributed by atoms with Crippen molar-refractivity contribution in [2.75, 3.05) is 12.4 Å². The van der Waals surface area contributed by atoms with Crippen LogP contribution in [-0.4, -0.2) is 46.6 Å². The second-order valence-corrected chi connectivity index (χ2v) is 10.1. The van der Waals surface area contributed by atoms with Gasteiger partial charge in [-0.15, -0.1) is 0 Å². The summed E-state index contributed by atoms with van der Waals surface area (Å²) in [4.78, 5) is 51.7. The molecule has 2 aromatic rings. The molecule has 0 unspecified atom stereocenters. The molecular formula is C24H22ClF3N4O4. The maximum Gasteiger partial charge on any atom is 0.293 e. The molecule has 2 fully saturated rings. The smallest absolute Gasteiger partial charge is 0.293 e. The van der Waals surface area contributed by atoms with Crippen molar-refractivity contribution in [1.29, 1.82) is 0 Å². The summed E-state index contributed by atoms with van der Waals surface area (Å²) in [6, 6.07) is 3.71. The number of nitrogens with one attached hydrogen (secondary N) is 3. The lowest BCUT2D eigenvalue weighted by Crippen LogP contribution is -2.69. The molecule has 2 atom stereocenters. The number of hydrogen-bond donors (Lipinski definition) is 3. The van der Waals surface area contributed by atoms with Gasteiger partial charge >= 0.3 is 0 Å². The number of carbonyl (C=O) groups excluding carboxylic acids is 4. The van der Waals surface area contributed by atoms with E-state index in [1.165, 1.54) is 26.1 Å². The van der Waals surface area contributed by atoms with E-state index in [0.29, 0.717) is 12.1 Å². The van der Waals surface area contributed by atoms with Gasteiger partial charge in [-0.25, -0.2) is 13.2 Å². The van der Waals surface area contributed by atoms with Crippen LogP contribution in [0.2, 0.25) is 5.02 Å². The number of likely N-dealkylation sites (N-methyl/N-ethyl adjacent to an activating group) is 1. The third kappa shape index (κ3) is 3.76. The Balaban J connectivity index is 1.45. The zero-order valence-electron chi connectivity index (χ0n) is 19.3. The van der Waals surface area contributed by atoms with Crippen molar-refractivity contribution in [2.24, 2.45) is 5.92 Å². The largest absolute Gasteiger partial charge is 0.357 e. The number of rotatable bonds is 6. The minimum Gasteiger partial charge on any atom is -0.357 e. The molecule has 12 heteroatoms. The first kappa shape index (κ1) is 24.4. The zero-order chi connectivity index (χ0) is 26.2. The Morgan fingerprint density at radius 1 is 1.17 bits per heavy atom. The van der Waals surface area contributed by atoms with Crippen LogP contribution in [0.3, 0.4) is 0 Å². The van der Waals surface area contributed by atoms with Gasteiger partial charge in [0.25, 0.3) is 23.5 Å². The van der Waals surface area contributed by atoms with E-state index in [-0.39, 0.29) is 39.5 Å². The number of aromatic nitrogens is 1. The normalized spacial score (nSPS) is 22.1. The molecule has 0 bridgehead atoms. The molecule has 190 valence electrons. The van der Waals surface area contributed by atoms with Crippen LogP contribution in [0.25, 0.3) is 0 Å². The topological polar surface area (TPSA) is 109 Å². The predicted molar refractivity (Wildman–Crippen MR) is 123 cm³/mol. The van der Waals surface area contributed by atoms with Gasteiger partial charge in [0.15, 0.2) is 0 Å². The lowest BCUT2D eigenvalue weighted by molar-refractivity contribution is -0.164. The number of alkyl halides is 2. The Hall–Kier alpha value is -3.34. The van der Waals surface area contributed by atoms with E-state index in [1.54, 1.807) is 4.57 Å². The first-order chi connectivity index (χ1) is 16.9. The molecular weight excluding hydrogens is 501 g/mol. The van der Waals surface area contributed by atoms with E-state index < -0.39 is 53.6 Å². The van der Waals surface area contributed by atoms with Crippen molar-refractivity contribution in [1.82, 2.24) is 15.2 Å². The molecule has 0 radical (unpaired) electrons. The van der Waals surface area contributed by atoms with E-state index in [0.717, 1.165) is 12.5 Å². The highest BCUT2D eigenvalue weighted by atomic mass is 35.5. The fourth-order valence-corrected chi connectivity index (χ4v) is 5.64. The van der Waals surface area contributed by atoms with E-state index in [2.05, 4.69) is 16.0 Å². The number of Topliss-reactive ketones (excluding diaryl/α,β-unsaturated/α-hetero) is 1.